The van der Waals surface area contributed by atoms with Crippen molar-refractivity contribution < 1.29 is 17.9 Å². The highest BCUT2D eigenvalue weighted by molar-refractivity contribution is 9.09. The Morgan fingerprint density at radius 2 is 1.86 bits per heavy atom. The summed E-state index contributed by atoms with van der Waals surface area (Å²) in [5.74, 6) is 0. The minimum atomic E-state index is -4.07. The molecule has 0 radical (unpaired) electrons. The van der Waals surface area contributed by atoms with Gasteiger partial charge >= 0.3 is 6.18 Å². The van der Waals surface area contributed by atoms with E-state index in [1.165, 1.54) is 7.11 Å². The number of hydrogen-bond donors (Lipinski definition) is 0. The summed E-state index contributed by atoms with van der Waals surface area (Å²) in [6, 6.07) is 0. The molecule has 0 amide bonds. The SMILES string of the molecule is COCCN(CCBr)CCC(F)(F)F. The van der Waals surface area contributed by atoms with Crippen molar-refractivity contribution in [3.63, 3.8) is 0 Å². The molecule has 14 heavy (non-hydrogen) atoms. The molecule has 0 aliphatic rings. The lowest BCUT2D eigenvalue weighted by atomic mass is 10.3. The van der Waals surface area contributed by atoms with Gasteiger partial charge in [0.2, 0.25) is 0 Å². The van der Waals surface area contributed by atoms with E-state index in [1.54, 1.807) is 4.90 Å². The minimum absolute atomic E-state index is 0.0401. The highest BCUT2D eigenvalue weighted by Gasteiger charge is 2.27. The predicted octanol–water partition coefficient (Wildman–Crippen LogP) is 2.28. The Morgan fingerprint density at radius 1 is 1.21 bits per heavy atom. The van der Waals surface area contributed by atoms with E-state index in [0.717, 1.165) is 0 Å². The van der Waals surface area contributed by atoms with Crippen molar-refractivity contribution in [3.8, 4) is 0 Å². The summed E-state index contributed by atoms with van der Waals surface area (Å²) >= 11 is 3.20. The summed E-state index contributed by atoms with van der Waals surface area (Å²) < 4.78 is 40.5. The van der Waals surface area contributed by atoms with Gasteiger partial charge in [0.15, 0.2) is 0 Å². The molecule has 0 atom stereocenters. The molecule has 0 unspecified atom stereocenters. The molecule has 0 aromatic heterocycles. The molecule has 0 aromatic carbocycles. The van der Waals surface area contributed by atoms with Crippen LogP contribution >= 0.6 is 15.9 Å². The predicted molar refractivity (Wildman–Crippen MR) is 52.8 cm³/mol. The summed E-state index contributed by atoms with van der Waals surface area (Å²) in [6.45, 7) is 1.65. The van der Waals surface area contributed by atoms with Crippen LogP contribution in [-0.2, 0) is 4.74 Å². The van der Waals surface area contributed by atoms with E-state index in [-0.39, 0.29) is 6.54 Å². The average Bonchev–Trinajstić information content (AvgIpc) is 2.08. The maximum atomic E-state index is 11.9. The van der Waals surface area contributed by atoms with Gasteiger partial charge in [0.25, 0.3) is 0 Å². The standard InChI is InChI=1S/C8H15BrF3NO/c1-14-7-6-13(5-3-9)4-2-8(10,11)12/h2-7H2,1H3. The van der Waals surface area contributed by atoms with E-state index in [9.17, 15) is 13.2 Å². The van der Waals surface area contributed by atoms with Crippen LogP contribution in [0.5, 0.6) is 0 Å². The number of rotatable bonds is 7. The second kappa shape index (κ2) is 7.48. The average molecular weight is 278 g/mol. The van der Waals surface area contributed by atoms with Gasteiger partial charge in [-0.05, 0) is 0 Å². The van der Waals surface area contributed by atoms with Gasteiger partial charge in [-0.15, -0.1) is 0 Å². The Morgan fingerprint density at radius 3 is 2.29 bits per heavy atom. The normalized spacial score (nSPS) is 12.4. The van der Waals surface area contributed by atoms with Crippen molar-refractivity contribution in [2.45, 2.75) is 12.6 Å². The molecule has 86 valence electrons. The largest absolute Gasteiger partial charge is 0.390 e. The van der Waals surface area contributed by atoms with E-state index >= 15 is 0 Å². The van der Waals surface area contributed by atoms with Crippen molar-refractivity contribution in [1.82, 2.24) is 4.90 Å². The van der Waals surface area contributed by atoms with E-state index in [2.05, 4.69) is 15.9 Å². The van der Waals surface area contributed by atoms with Crippen molar-refractivity contribution in [2.75, 3.05) is 38.7 Å². The maximum absolute atomic E-state index is 11.9. The molecule has 0 saturated carbocycles. The molecule has 0 heterocycles. The third kappa shape index (κ3) is 8.77. The first-order valence-corrected chi connectivity index (χ1v) is 5.45. The molecule has 0 saturated heterocycles. The van der Waals surface area contributed by atoms with Gasteiger partial charge in [-0.1, -0.05) is 15.9 Å². The lowest BCUT2D eigenvalue weighted by Crippen LogP contribution is -2.32. The van der Waals surface area contributed by atoms with Crippen molar-refractivity contribution >= 4 is 15.9 Å². The van der Waals surface area contributed by atoms with Gasteiger partial charge < -0.3 is 4.74 Å². The molecule has 0 spiro atoms. The molecule has 0 bridgehead atoms. The molecule has 0 aliphatic heterocycles. The smallest absolute Gasteiger partial charge is 0.383 e. The molecule has 2 nitrogen and oxygen atoms in total. The molecular formula is C8H15BrF3NO. The summed E-state index contributed by atoms with van der Waals surface area (Å²) in [6.07, 6.45) is -4.83. The van der Waals surface area contributed by atoms with Crippen LogP contribution in [0.3, 0.4) is 0 Å². The Kier molecular flexibility index (Phi) is 7.58. The zero-order valence-corrected chi connectivity index (χ0v) is 9.70. The number of alkyl halides is 4. The first-order valence-electron chi connectivity index (χ1n) is 4.33. The summed E-state index contributed by atoms with van der Waals surface area (Å²) in [4.78, 5) is 1.73. The van der Waals surface area contributed by atoms with Gasteiger partial charge in [0, 0.05) is 32.1 Å². The molecule has 0 fully saturated rings. The number of ether oxygens (including phenoxy) is 1. The van der Waals surface area contributed by atoms with Gasteiger partial charge in [-0.2, -0.15) is 13.2 Å². The van der Waals surface area contributed by atoms with E-state index in [0.29, 0.717) is 25.0 Å². The molecule has 0 rings (SSSR count). The lowest BCUT2D eigenvalue weighted by molar-refractivity contribution is -0.138. The fraction of sp³-hybridized carbons (Fsp3) is 1.00. The second-order valence-electron chi connectivity index (χ2n) is 2.89. The van der Waals surface area contributed by atoms with E-state index in [1.807, 2.05) is 0 Å². The van der Waals surface area contributed by atoms with Crippen molar-refractivity contribution in [2.24, 2.45) is 0 Å². The highest BCUT2D eigenvalue weighted by Crippen LogP contribution is 2.19. The minimum Gasteiger partial charge on any atom is -0.383 e. The maximum Gasteiger partial charge on any atom is 0.390 e. The van der Waals surface area contributed by atoms with Gasteiger partial charge in [0.05, 0.1) is 13.0 Å². The first-order chi connectivity index (χ1) is 6.49. The summed E-state index contributed by atoms with van der Waals surface area (Å²) in [5, 5.41) is 0.675. The number of methoxy groups -OCH3 is 1. The zero-order valence-electron chi connectivity index (χ0n) is 8.11. The fourth-order valence-corrected chi connectivity index (χ4v) is 1.46. The van der Waals surface area contributed by atoms with Crippen LogP contribution < -0.4 is 0 Å². The zero-order chi connectivity index (χ0) is 11.0. The Balaban J connectivity index is 3.72. The van der Waals surface area contributed by atoms with Crippen molar-refractivity contribution in [3.05, 3.63) is 0 Å². The van der Waals surface area contributed by atoms with Gasteiger partial charge in [-0.3, -0.25) is 4.90 Å². The van der Waals surface area contributed by atoms with Gasteiger partial charge in [-0.25, -0.2) is 0 Å². The van der Waals surface area contributed by atoms with Crippen LogP contribution in [0, 0.1) is 0 Å². The molecule has 0 aliphatic carbocycles. The number of halogens is 4. The van der Waals surface area contributed by atoms with Crippen molar-refractivity contribution in [1.29, 1.82) is 0 Å². The Hall–Kier alpha value is 0.190. The molecule has 6 heteroatoms. The van der Waals surface area contributed by atoms with Crippen LogP contribution in [0.1, 0.15) is 6.42 Å². The van der Waals surface area contributed by atoms with E-state index in [4.69, 9.17) is 4.74 Å². The fourth-order valence-electron chi connectivity index (χ4n) is 0.960. The topological polar surface area (TPSA) is 12.5 Å². The number of hydrogen-bond acceptors (Lipinski definition) is 2. The van der Waals surface area contributed by atoms with Crippen LogP contribution in [0.4, 0.5) is 13.2 Å². The lowest BCUT2D eigenvalue weighted by Gasteiger charge is -2.21. The second-order valence-corrected chi connectivity index (χ2v) is 3.68. The molecule has 0 aromatic rings. The van der Waals surface area contributed by atoms with Crippen LogP contribution in [0.15, 0.2) is 0 Å². The third-order valence-corrected chi connectivity index (χ3v) is 2.08. The van der Waals surface area contributed by atoms with Crippen LogP contribution in [0.25, 0.3) is 0 Å². The highest BCUT2D eigenvalue weighted by atomic mass is 79.9. The summed E-state index contributed by atoms with van der Waals surface area (Å²) in [7, 11) is 1.54. The van der Waals surface area contributed by atoms with Crippen LogP contribution in [-0.4, -0.2) is 49.8 Å². The van der Waals surface area contributed by atoms with Gasteiger partial charge in [0.1, 0.15) is 0 Å². The first kappa shape index (κ1) is 14.2. The summed E-state index contributed by atoms with van der Waals surface area (Å²) in [5.41, 5.74) is 0. The molecular weight excluding hydrogens is 263 g/mol. The third-order valence-electron chi connectivity index (χ3n) is 1.72. The Bertz CT molecular complexity index is 143. The quantitative estimate of drug-likeness (QED) is 0.662. The molecule has 0 N–H and O–H groups in total. The van der Waals surface area contributed by atoms with Crippen LogP contribution in [0.2, 0.25) is 0 Å². The number of nitrogens with zero attached hydrogens (tertiary/aromatic N) is 1. The monoisotopic (exact) mass is 277 g/mol. The Labute approximate surface area is 90.5 Å². The van der Waals surface area contributed by atoms with E-state index < -0.39 is 12.6 Å².